The van der Waals surface area contributed by atoms with Gasteiger partial charge in [-0.3, -0.25) is 4.79 Å². The van der Waals surface area contributed by atoms with Crippen LogP contribution in [0, 0.1) is 18.3 Å². The average Bonchev–Trinajstić information content (AvgIpc) is 3.57. The summed E-state index contributed by atoms with van der Waals surface area (Å²) in [5.41, 5.74) is 11.2. The lowest BCUT2D eigenvalue weighted by atomic mass is 9.95. The van der Waals surface area contributed by atoms with E-state index in [-0.39, 0.29) is 17.6 Å². The quantitative estimate of drug-likeness (QED) is 0.467. The molecule has 0 unspecified atom stereocenters. The summed E-state index contributed by atoms with van der Waals surface area (Å²) in [5.74, 6) is 0.482. The lowest BCUT2D eigenvalue weighted by Crippen LogP contribution is -2.34. The van der Waals surface area contributed by atoms with Crippen LogP contribution in [0.2, 0.25) is 0 Å². The second kappa shape index (κ2) is 7.44. The van der Waals surface area contributed by atoms with Crippen molar-refractivity contribution in [2.45, 2.75) is 31.8 Å². The van der Waals surface area contributed by atoms with Crippen molar-refractivity contribution < 1.29 is 9.15 Å². The van der Waals surface area contributed by atoms with Crippen LogP contribution in [0.4, 0.5) is 5.69 Å². The number of nitrogen functional groups attached to an aromatic ring is 1. The van der Waals surface area contributed by atoms with Crippen LogP contribution in [0.3, 0.4) is 0 Å². The zero-order chi connectivity index (χ0) is 22.7. The second-order valence-electron chi connectivity index (χ2n) is 8.77. The number of ether oxygens (including phenoxy) is 1. The van der Waals surface area contributed by atoms with Gasteiger partial charge in [-0.05, 0) is 54.7 Å². The number of hydrogen-bond acceptors (Lipinski definition) is 7. The molecule has 0 spiro atoms. The summed E-state index contributed by atoms with van der Waals surface area (Å²) in [4.78, 5) is 18.2. The topological polar surface area (TPSA) is 119 Å². The number of oxazole rings is 1. The molecule has 1 saturated carbocycles. The van der Waals surface area contributed by atoms with Gasteiger partial charge in [-0.15, -0.1) is 0 Å². The summed E-state index contributed by atoms with van der Waals surface area (Å²) in [6, 6.07) is 11.6. The molecule has 1 aliphatic heterocycles. The highest BCUT2D eigenvalue weighted by Gasteiger charge is 2.31. The molecule has 0 radical (unpaired) electrons. The number of morpholine rings is 1. The molecular formula is C25H23N5O3. The Balaban J connectivity index is 1.62. The number of nitrogens with one attached hydrogen (secondary N) is 1. The van der Waals surface area contributed by atoms with Crippen LogP contribution in [0.5, 0.6) is 0 Å². The molecule has 1 atom stereocenters. The fourth-order valence-electron chi connectivity index (χ4n) is 4.76. The Bertz CT molecular complexity index is 1520. The van der Waals surface area contributed by atoms with Gasteiger partial charge >= 0.3 is 0 Å². The van der Waals surface area contributed by atoms with E-state index in [9.17, 15) is 10.1 Å². The number of aryl methyl sites for hydroxylation is 1. The number of nitrogens with two attached hydrogens (primary N) is 1. The minimum atomic E-state index is -0.172. The number of nitrogens with zero attached hydrogens (tertiary/aromatic N) is 3. The van der Waals surface area contributed by atoms with Gasteiger partial charge in [0.05, 0.1) is 24.3 Å². The summed E-state index contributed by atoms with van der Waals surface area (Å²) in [6.07, 6.45) is 1.93. The monoisotopic (exact) mass is 441 g/mol. The number of pyridine rings is 1. The van der Waals surface area contributed by atoms with Crippen molar-refractivity contribution in [2.75, 3.05) is 25.5 Å². The fraction of sp³-hybridized carbons (Fsp3) is 0.320. The maximum Gasteiger partial charge on any atom is 0.281 e. The van der Waals surface area contributed by atoms with Gasteiger partial charge in [-0.2, -0.15) is 5.26 Å². The number of anilines is 1. The number of aromatic nitrogens is 2. The third-order valence-corrected chi connectivity index (χ3v) is 6.60. The first-order valence-electron chi connectivity index (χ1n) is 11.2. The second-order valence-corrected chi connectivity index (χ2v) is 8.77. The van der Waals surface area contributed by atoms with E-state index in [2.05, 4.69) is 16.4 Å². The predicted molar refractivity (Wildman–Crippen MR) is 125 cm³/mol. The Morgan fingerprint density at radius 2 is 2.12 bits per heavy atom. The van der Waals surface area contributed by atoms with Crippen molar-refractivity contribution >= 4 is 27.7 Å². The van der Waals surface area contributed by atoms with Crippen molar-refractivity contribution in [3.8, 4) is 17.2 Å². The molecular weight excluding hydrogens is 418 g/mol. The van der Waals surface area contributed by atoms with Gasteiger partial charge < -0.3 is 24.8 Å². The van der Waals surface area contributed by atoms with Crippen LogP contribution in [-0.2, 0) is 4.74 Å². The maximum atomic E-state index is 13.6. The van der Waals surface area contributed by atoms with Crippen LogP contribution < -0.4 is 16.6 Å². The van der Waals surface area contributed by atoms with E-state index >= 15 is 0 Å². The van der Waals surface area contributed by atoms with E-state index in [1.54, 1.807) is 12.1 Å². The maximum absolute atomic E-state index is 13.6. The van der Waals surface area contributed by atoms with E-state index in [1.807, 2.05) is 29.7 Å². The van der Waals surface area contributed by atoms with E-state index in [4.69, 9.17) is 14.9 Å². The van der Waals surface area contributed by atoms with Crippen molar-refractivity contribution in [2.24, 2.45) is 0 Å². The SMILES string of the molecule is Cc1c(-c2ccc(N)c(C#N)c2)ccc2c3oc([C@@H]4COCCN4)nc3c(=O)n(C3CC3)c12. The fourth-order valence-corrected chi connectivity index (χ4v) is 4.76. The molecule has 33 heavy (non-hydrogen) atoms. The van der Waals surface area contributed by atoms with Gasteiger partial charge in [0.25, 0.3) is 5.56 Å². The van der Waals surface area contributed by atoms with E-state index in [1.165, 1.54) is 0 Å². The molecule has 2 aromatic heterocycles. The molecule has 1 aliphatic carbocycles. The number of fused-ring (bicyclic) bond motifs is 3. The van der Waals surface area contributed by atoms with Crippen molar-refractivity contribution in [3.63, 3.8) is 0 Å². The molecule has 4 aromatic rings. The van der Waals surface area contributed by atoms with E-state index < -0.39 is 0 Å². The summed E-state index contributed by atoms with van der Waals surface area (Å²) < 4.78 is 13.6. The third-order valence-electron chi connectivity index (χ3n) is 6.60. The predicted octanol–water partition coefficient (Wildman–Crippen LogP) is 3.57. The molecule has 0 amide bonds. The number of benzene rings is 2. The molecule has 1 saturated heterocycles. The molecule has 2 fully saturated rings. The summed E-state index contributed by atoms with van der Waals surface area (Å²) in [6.45, 7) is 3.83. The van der Waals surface area contributed by atoms with Gasteiger partial charge in [-0.1, -0.05) is 12.1 Å². The third kappa shape index (κ3) is 3.12. The van der Waals surface area contributed by atoms with Gasteiger partial charge in [0, 0.05) is 23.7 Å². The Hall–Kier alpha value is -3.67. The Morgan fingerprint density at radius 1 is 1.27 bits per heavy atom. The van der Waals surface area contributed by atoms with Crippen LogP contribution in [0.15, 0.2) is 39.5 Å². The standard InChI is InChI=1S/C25H23N5O3/c1-13-17(14-2-7-19(27)15(10-14)11-26)5-6-18-22(13)30(16-3-4-16)25(31)21-23(18)33-24(29-21)20-12-32-9-8-28-20/h2,5-7,10,16,20,28H,3-4,8-9,12,27H2,1H3/t20-/m0/s1. The molecule has 8 heteroatoms. The van der Waals surface area contributed by atoms with Crippen LogP contribution >= 0.6 is 0 Å². The molecule has 8 nitrogen and oxygen atoms in total. The van der Waals surface area contributed by atoms with Crippen molar-refractivity contribution in [3.05, 3.63) is 57.7 Å². The summed E-state index contributed by atoms with van der Waals surface area (Å²) in [7, 11) is 0. The molecule has 2 aliphatic rings. The molecule has 6 rings (SSSR count). The average molecular weight is 441 g/mol. The molecule has 0 bridgehead atoms. The van der Waals surface area contributed by atoms with E-state index in [0.29, 0.717) is 48.0 Å². The van der Waals surface area contributed by atoms with Gasteiger partial charge in [-0.25, -0.2) is 4.98 Å². The number of rotatable bonds is 3. The van der Waals surface area contributed by atoms with Gasteiger partial charge in [0.15, 0.2) is 11.1 Å². The van der Waals surface area contributed by atoms with Crippen LogP contribution in [-0.4, -0.2) is 29.3 Å². The molecule has 166 valence electrons. The number of hydrogen-bond donors (Lipinski definition) is 2. The first-order chi connectivity index (χ1) is 16.1. The Morgan fingerprint density at radius 3 is 2.85 bits per heavy atom. The Kier molecular flexibility index (Phi) is 4.50. The smallest absolute Gasteiger partial charge is 0.281 e. The lowest BCUT2D eigenvalue weighted by molar-refractivity contribution is 0.0687. The normalized spacial score (nSPS) is 18.6. The number of nitriles is 1. The lowest BCUT2D eigenvalue weighted by Gasteiger charge is -2.20. The van der Waals surface area contributed by atoms with Gasteiger partial charge in [0.1, 0.15) is 12.1 Å². The zero-order valence-corrected chi connectivity index (χ0v) is 18.2. The Labute approximate surface area is 189 Å². The van der Waals surface area contributed by atoms with Crippen LogP contribution in [0.1, 0.15) is 41.9 Å². The van der Waals surface area contributed by atoms with Crippen LogP contribution in [0.25, 0.3) is 33.1 Å². The highest BCUT2D eigenvalue weighted by Crippen LogP contribution is 2.41. The zero-order valence-electron chi connectivity index (χ0n) is 18.2. The molecule has 2 aromatic carbocycles. The van der Waals surface area contributed by atoms with Crippen molar-refractivity contribution in [1.29, 1.82) is 5.26 Å². The minimum Gasteiger partial charge on any atom is -0.438 e. The largest absolute Gasteiger partial charge is 0.438 e. The highest BCUT2D eigenvalue weighted by atomic mass is 16.5. The van der Waals surface area contributed by atoms with Crippen molar-refractivity contribution in [1.82, 2.24) is 14.9 Å². The summed E-state index contributed by atoms with van der Waals surface area (Å²) in [5, 5.41) is 13.6. The minimum absolute atomic E-state index is 0.123. The highest BCUT2D eigenvalue weighted by molar-refractivity contribution is 6.04. The molecule has 3 heterocycles. The molecule has 3 N–H and O–H groups in total. The first kappa shape index (κ1) is 20.0. The first-order valence-corrected chi connectivity index (χ1v) is 11.2. The summed E-state index contributed by atoms with van der Waals surface area (Å²) >= 11 is 0. The van der Waals surface area contributed by atoms with E-state index in [0.717, 1.165) is 40.4 Å². The van der Waals surface area contributed by atoms with Gasteiger partial charge in [0.2, 0.25) is 5.89 Å².